The molecule has 144 valence electrons. The molecule has 1 heterocycles. The first-order valence-electron chi connectivity index (χ1n) is 7.69. The summed E-state index contributed by atoms with van der Waals surface area (Å²) in [6.45, 7) is 4.39. The van der Waals surface area contributed by atoms with Crippen molar-refractivity contribution in [3.05, 3.63) is 34.4 Å². The van der Waals surface area contributed by atoms with E-state index in [2.05, 4.69) is 10.1 Å². The van der Waals surface area contributed by atoms with E-state index in [1.165, 1.54) is 24.1 Å². The van der Waals surface area contributed by atoms with Gasteiger partial charge in [0.1, 0.15) is 11.9 Å². The Balaban J connectivity index is 0.00000338. The summed E-state index contributed by atoms with van der Waals surface area (Å²) in [5.41, 5.74) is 6.37. The monoisotopic (exact) mass is 404 g/mol. The number of ether oxygens (including phenoxy) is 2. The van der Waals surface area contributed by atoms with Gasteiger partial charge >= 0.3 is 0 Å². The molecule has 2 aromatic rings. The Hall–Kier alpha value is -2.03. The summed E-state index contributed by atoms with van der Waals surface area (Å²) in [5.74, 6) is 0.773. The molecule has 2 N–H and O–H groups in total. The minimum Gasteiger partial charge on any atom is -0.496 e. The van der Waals surface area contributed by atoms with E-state index in [1.54, 1.807) is 7.05 Å². The van der Waals surface area contributed by atoms with E-state index in [1.807, 2.05) is 13.8 Å². The number of benzene rings is 1. The van der Waals surface area contributed by atoms with Crippen molar-refractivity contribution in [2.24, 2.45) is 0 Å². The van der Waals surface area contributed by atoms with Crippen LogP contribution < -0.4 is 10.5 Å². The summed E-state index contributed by atoms with van der Waals surface area (Å²) < 4.78 is 15.8. The molecule has 10 heteroatoms. The molecule has 0 saturated heterocycles. The van der Waals surface area contributed by atoms with E-state index in [9.17, 15) is 4.79 Å². The number of aromatic nitrogens is 2. The molecule has 0 spiro atoms. The van der Waals surface area contributed by atoms with Crippen molar-refractivity contribution in [2.45, 2.75) is 26.5 Å². The maximum absolute atomic E-state index is 12.7. The Kier molecular flexibility index (Phi) is 8.13. The number of hydrogen-bond donors (Lipinski definition) is 1. The number of halogens is 2. The minimum absolute atomic E-state index is 0. The zero-order valence-electron chi connectivity index (χ0n) is 15.0. The van der Waals surface area contributed by atoms with Crippen LogP contribution >= 0.6 is 24.0 Å². The van der Waals surface area contributed by atoms with Crippen molar-refractivity contribution in [1.29, 1.82) is 0 Å². The van der Waals surface area contributed by atoms with Gasteiger partial charge in [0, 0.05) is 19.7 Å². The molecule has 0 radical (unpaired) electrons. The van der Waals surface area contributed by atoms with Crippen LogP contribution in [0.2, 0.25) is 5.02 Å². The van der Waals surface area contributed by atoms with Gasteiger partial charge in [-0.3, -0.25) is 4.79 Å². The first-order valence-corrected chi connectivity index (χ1v) is 8.07. The Morgan fingerprint density at radius 2 is 2.15 bits per heavy atom. The molecule has 0 saturated carbocycles. The van der Waals surface area contributed by atoms with Crippen LogP contribution in [-0.2, 0) is 11.3 Å². The topological polar surface area (TPSA) is 104 Å². The average Bonchev–Trinajstić information content (AvgIpc) is 3.05. The highest BCUT2D eigenvalue weighted by molar-refractivity contribution is 6.33. The van der Waals surface area contributed by atoms with Gasteiger partial charge < -0.3 is 24.6 Å². The van der Waals surface area contributed by atoms with Crippen molar-refractivity contribution in [2.75, 3.05) is 26.5 Å². The van der Waals surface area contributed by atoms with E-state index in [-0.39, 0.29) is 36.0 Å². The smallest absolute Gasteiger partial charge is 0.257 e. The number of amides is 1. The van der Waals surface area contributed by atoms with E-state index in [4.69, 9.17) is 31.3 Å². The number of carbonyl (C=O) groups excluding carboxylic acids is 1. The molecule has 0 fully saturated rings. The van der Waals surface area contributed by atoms with E-state index in [0.29, 0.717) is 35.3 Å². The normalized spacial score (nSPS) is 11.6. The van der Waals surface area contributed by atoms with Crippen LogP contribution in [0.1, 0.15) is 42.0 Å². The Morgan fingerprint density at radius 3 is 2.77 bits per heavy atom. The van der Waals surface area contributed by atoms with Crippen LogP contribution in [0.3, 0.4) is 0 Å². The number of rotatable bonds is 7. The molecule has 0 aliphatic heterocycles. The van der Waals surface area contributed by atoms with Crippen LogP contribution in [0.25, 0.3) is 0 Å². The predicted octanol–water partition coefficient (Wildman–Crippen LogP) is 3.11. The van der Waals surface area contributed by atoms with Crippen molar-refractivity contribution in [3.63, 3.8) is 0 Å². The van der Waals surface area contributed by atoms with Crippen LogP contribution in [0.15, 0.2) is 16.7 Å². The number of methoxy groups -OCH3 is 1. The second-order valence-electron chi connectivity index (χ2n) is 5.38. The number of carbonyl (C=O) groups is 1. The summed E-state index contributed by atoms with van der Waals surface area (Å²) in [7, 11) is 3.07. The van der Waals surface area contributed by atoms with Gasteiger partial charge in [-0.05, 0) is 19.9 Å². The Labute approximate surface area is 163 Å². The van der Waals surface area contributed by atoms with Gasteiger partial charge in [-0.25, -0.2) is 0 Å². The number of anilines is 1. The molecule has 0 aliphatic carbocycles. The average molecular weight is 405 g/mol. The van der Waals surface area contributed by atoms with Crippen LogP contribution in [0, 0.1) is 0 Å². The fraction of sp³-hybridized carbons (Fsp3) is 0.438. The lowest BCUT2D eigenvalue weighted by molar-refractivity contribution is 0.0682. The molecule has 0 bridgehead atoms. The predicted molar refractivity (Wildman–Crippen MR) is 99.8 cm³/mol. The van der Waals surface area contributed by atoms with Gasteiger partial charge in [0.15, 0.2) is 5.82 Å². The highest BCUT2D eigenvalue weighted by Gasteiger charge is 2.21. The van der Waals surface area contributed by atoms with Crippen molar-refractivity contribution in [1.82, 2.24) is 15.0 Å². The Morgan fingerprint density at radius 1 is 1.46 bits per heavy atom. The molecule has 8 nitrogen and oxygen atoms in total. The fourth-order valence-corrected chi connectivity index (χ4v) is 2.37. The SMILES string of the molecule is CCOC(C)c1noc(CN(C)C(=O)c2cc(Cl)c(N)cc2OC)n1.Cl. The second kappa shape index (κ2) is 9.61. The van der Waals surface area contributed by atoms with Gasteiger partial charge in [0.2, 0.25) is 5.89 Å². The Bertz CT molecular complexity index is 754. The van der Waals surface area contributed by atoms with E-state index >= 15 is 0 Å². The maximum Gasteiger partial charge on any atom is 0.257 e. The molecular weight excluding hydrogens is 383 g/mol. The van der Waals surface area contributed by atoms with Crippen LogP contribution in [0.5, 0.6) is 5.75 Å². The summed E-state index contributed by atoms with van der Waals surface area (Å²) in [4.78, 5) is 18.3. The highest BCUT2D eigenvalue weighted by Crippen LogP contribution is 2.29. The minimum atomic E-state index is -0.309. The third kappa shape index (κ3) is 5.00. The molecule has 1 aromatic carbocycles. The fourth-order valence-electron chi connectivity index (χ4n) is 2.21. The van der Waals surface area contributed by atoms with Gasteiger partial charge in [0.25, 0.3) is 5.91 Å². The third-order valence-electron chi connectivity index (χ3n) is 3.53. The van der Waals surface area contributed by atoms with Crippen molar-refractivity contribution >= 4 is 35.6 Å². The molecule has 1 atom stereocenters. The molecule has 0 aliphatic rings. The summed E-state index contributed by atoms with van der Waals surface area (Å²) in [5, 5.41) is 4.15. The number of nitrogens with zero attached hydrogens (tertiary/aromatic N) is 3. The molecular formula is C16H22Cl2N4O4. The van der Waals surface area contributed by atoms with E-state index < -0.39 is 0 Å². The van der Waals surface area contributed by atoms with Crippen molar-refractivity contribution in [3.8, 4) is 5.75 Å². The second-order valence-corrected chi connectivity index (χ2v) is 5.79. The molecule has 1 aromatic heterocycles. The standard InChI is InChI=1S/C16H21ClN4O4.ClH/c1-5-24-9(2)15-19-14(25-20-15)8-21(3)16(22)10-6-11(17)12(18)7-13(10)23-4;/h6-7,9H,5,8,18H2,1-4H3;1H. The summed E-state index contributed by atoms with van der Waals surface area (Å²) in [6.07, 6.45) is -0.278. The number of nitrogen functional groups attached to an aromatic ring is 1. The highest BCUT2D eigenvalue weighted by atomic mass is 35.5. The van der Waals surface area contributed by atoms with Gasteiger partial charge in [-0.2, -0.15) is 4.98 Å². The largest absolute Gasteiger partial charge is 0.496 e. The molecule has 1 unspecified atom stereocenters. The molecule has 1 amide bonds. The lowest BCUT2D eigenvalue weighted by Crippen LogP contribution is -2.27. The summed E-state index contributed by atoms with van der Waals surface area (Å²) in [6, 6.07) is 2.99. The third-order valence-corrected chi connectivity index (χ3v) is 3.86. The summed E-state index contributed by atoms with van der Waals surface area (Å²) >= 11 is 6.01. The molecule has 26 heavy (non-hydrogen) atoms. The zero-order valence-corrected chi connectivity index (χ0v) is 16.6. The number of nitrogens with two attached hydrogens (primary N) is 1. The van der Waals surface area contributed by atoms with Gasteiger partial charge in [-0.1, -0.05) is 16.8 Å². The quantitative estimate of drug-likeness (QED) is 0.706. The lowest BCUT2D eigenvalue weighted by Gasteiger charge is -2.17. The van der Waals surface area contributed by atoms with Gasteiger partial charge in [0.05, 0.1) is 29.9 Å². The zero-order chi connectivity index (χ0) is 18.6. The van der Waals surface area contributed by atoms with Gasteiger partial charge in [-0.15, -0.1) is 12.4 Å². The maximum atomic E-state index is 12.7. The lowest BCUT2D eigenvalue weighted by atomic mass is 10.1. The van der Waals surface area contributed by atoms with Crippen LogP contribution in [0.4, 0.5) is 5.69 Å². The first-order chi connectivity index (χ1) is 11.9. The van der Waals surface area contributed by atoms with E-state index in [0.717, 1.165) is 0 Å². The molecule has 2 rings (SSSR count). The number of hydrogen-bond acceptors (Lipinski definition) is 7. The first kappa shape index (κ1) is 22.0. The van der Waals surface area contributed by atoms with Crippen LogP contribution in [-0.4, -0.2) is 41.7 Å². The van der Waals surface area contributed by atoms with Crippen molar-refractivity contribution < 1.29 is 18.8 Å².